The summed E-state index contributed by atoms with van der Waals surface area (Å²) in [5, 5.41) is 0. The quantitative estimate of drug-likeness (QED) is 0.779. The second kappa shape index (κ2) is 4.85. The van der Waals surface area contributed by atoms with Gasteiger partial charge in [0.1, 0.15) is 11.5 Å². The monoisotopic (exact) mass is 266 g/mol. The fraction of sp³-hybridized carbons (Fsp3) is 0.118. The SMILES string of the molecule is COc1ccc2c(c1)O/C(=C/c1cccc(C)c1)C2=O. The van der Waals surface area contributed by atoms with E-state index in [2.05, 4.69) is 0 Å². The molecule has 0 aromatic heterocycles. The summed E-state index contributed by atoms with van der Waals surface area (Å²) in [7, 11) is 1.59. The predicted molar refractivity (Wildman–Crippen MR) is 77.1 cm³/mol. The van der Waals surface area contributed by atoms with Gasteiger partial charge in [-0.25, -0.2) is 0 Å². The number of carbonyl (C=O) groups is 1. The maximum atomic E-state index is 12.3. The molecule has 0 fully saturated rings. The minimum Gasteiger partial charge on any atom is -0.497 e. The van der Waals surface area contributed by atoms with Gasteiger partial charge < -0.3 is 9.47 Å². The van der Waals surface area contributed by atoms with E-state index in [1.807, 2.05) is 31.2 Å². The van der Waals surface area contributed by atoms with Crippen molar-refractivity contribution in [1.82, 2.24) is 0 Å². The van der Waals surface area contributed by atoms with Crippen molar-refractivity contribution in [3.8, 4) is 11.5 Å². The van der Waals surface area contributed by atoms with Crippen LogP contribution >= 0.6 is 0 Å². The van der Waals surface area contributed by atoms with E-state index < -0.39 is 0 Å². The third-order valence-corrected chi connectivity index (χ3v) is 3.22. The van der Waals surface area contributed by atoms with Gasteiger partial charge in [0.05, 0.1) is 12.7 Å². The Labute approximate surface area is 117 Å². The van der Waals surface area contributed by atoms with E-state index in [9.17, 15) is 4.79 Å². The van der Waals surface area contributed by atoms with Gasteiger partial charge in [-0.3, -0.25) is 4.79 Å². The number of rotatable bonds is 2. The first-order chi connectivity index (χ1) is 9.67. The van der Waals surface area contributed by atoms with E-state index in [-0.39, 0.29) is 5.78 Å². The highest BCUT2D eigenvalue weighted by Gasteiger charge is 2.27. The summed E-state index contributed by atoms with van der Waals surface area (Å²) < 4.78 is 10.8. The Kier molecular flexibility index (Phi) is 3.03. The number of methoxy groups -OCH3 is 1. The molecule has 0 bridgehead atoms. The molecule has 0 N–H and O–H groups in total. The molecule has 3 nitrogen and oxygen atoms in total. The minimum absolute atomic E-state index is 0.0934. The number of ether oxygens (including phenoxy) is 2. The molecule has 100 valence electrons. The van der Waals surface area contributed by atoms with Crippen molar-refractivity contribution in [1.29, 1.82) is 0 Å². The standard InChI is InChI=1S/C17H14O3/c1-11-4-3-5-12(8-11)9-16-17(18)14-7-6-13(19-2)10-15(14)20-16/h3-10H,1-2H3/b16-9+. The first-order valence-corrected chi connectivity index (χ1v) is 6.36. The van der Waals surface area contributed by atoms with Crippen LogP contribution in [0, 0.1) is 6.92 Å². The van der Waals surface area contributed by atoms with Crippen LogP contribution in [-0.2, 0) is 0 Å². The second-order valence-electron chi connectivity index (χ2n) is 4.72. The molecule has 3 rings (SSSR count). The Hall–Kier alpha value is -2.55. The molecule has 0 aliphatic carbocycles. The molecule has 1 aliphatic heterocycles. The van der Waals surface area contributed by atoms with E-state index in [0.29, 0.717) is 22.8 Å². The fourth-order valence-electron chi connectivity index (χ4n) is 2.21. The Bertz CT molecular complexity index is 714. The van der Waals surface area contributed by atoms with E-state index in [1.165, 1.54) is 0 Å². The number of hydrogen-bond acceptors (Lipinski definition) is 3. The molecule has 3 heteroatoms. The van der Waals surface area contributed by atoms with Gasteiger partial charge in [-0.15, -0.1) is 0 Å². The second-order valence-corrected chi connectivity index (χ2v) is 4.72. The number of hydrogen-bond donors (Lipinski definition) is 0. The molecule has 1 heterocycles. The lowest BCUT2D eigenvalue weighted by atomic mass is 10.1. The highest BCUT2D eigenvalue weighted by Crippen LogP contribution is 2.34. The van der Waals surface area contributed by atoms with E-state index >= 15 is 0 Å². The zero-order chi connectivity index (χ0) is 14.1. The largest absolute Gasteiger partial charge is 0.497 e. The fourth-order valence-corrected chi connectivity index (χ4v) is 2.21. The summed E-state index contributed by atoms with van der Waals surface area (Å²) in [5.41, 5.74) is 2.67. The molecular weight excluding hydrogens is 252 g/mol. The topological polar surface area (TPSA) is 35.5 Å². The number of ketones is 1. The summed E-state index contributed by atoms with van der Waals surface area (Å²) >= 11 is 0. The predicted octanol–water partition coefficient (Wildman–Crippen LogP) is 3.62. The molecule has 2 aromatic carbocycles. The lowest BCUT2D eigenvalue weighted by Gasteiger charge is -2.01. The van der Waals surface area contributed by atoms with Crippen molar-refractivity contribution in [2.24, 2.45) is 0 Å². The lowest BCUT2D eigenvalue weighted by molar-refractivity contribution is 0.101. The number of allylic oxidation sites excluding steroid dienone is 1. The molecule has 0 atom stereocenters. The molecular formula is C17H14O3. The highest BCUT2D eigenvalue weighted by atomic mass is 16.5. The van der Waals surface area contributed by atoms with Crippen LogP contribution in [0.15, 0.2) is 48.2 Å². The van der Waals surface area contributed by atoms with Gasteiger partial charge in [-0.2, -0.15) is 0 Å². The molecule has 0 saturated heterocycles. The number of aryl methyl sites for hydroxylation is 1. The Morgan fingerprint density at radius 1 is 1.15 bits per heavy atom. The molecule has 0 amide bonds. The van der Waals surface area contributed by atoms with Gasteiger partial charge in [-0.1, -0.05) is 29.8 Å². The molecule has 1 aliphatic rings. The van der Waals surface area contributed by atoms with Crippen LogP contribution in [0.4, 0.5) is 0 Å². The van der Waals surface area contributed by atoms with Crippen LogP contribution in [-0.4, -0.2) is 12.9 Å². The van der Waals surface area contributed by atoms with Gasteiger partial charge in [0.15, 0.2) is 5.76 Å². The Morgan fingerprint density at radius 2 is 2.00 bits per heavy atom. The molecule has 20 heavy (non-hydrogen) atoms. The summed E-state index contributed by atoms with van der Waals surface area (Å²) in [4.78, 5) is 12.3. The van der Waals surface area contributed by atoms with Crippen LogP contribution in [0.5, 0.6) is 11.5 Å². The molecule has 0 spiro atoms. The first kappa shape index (κ1) is 12.5. The molecule has 0 saturated carbocycles. The maximum absolute atomic E-state index is 12.3. The smallest absolute Gasteiger partial charge is 0.231 e. The number of carbonyl (C=O) groups excluding carboxylic acids is 1. The summed E-state index contributed by atoms with van der Waals surface area (Å²) in [6, 6.07) is 13.1. The maximum Gasteiger partial charge on any atom is 0.231 e. The van der Waals surface area contributed by atoms with Crippen LogP contribution in [0.1, 0.15) is 21.5 Å². The number of benzene rings is 2. The number of Topliss-reactive ketones (excluding diaryl/α,β-unsaturated/α-hetero) is 1. The van der Waals surface area contributed by atoms with Gasteiger partial charge >= 0.3 is 0 Å². The van der Waals surface area contributed by atoms with Crippen LogP contribution in [0.3, 0.4) is 0 Å². The van der Waals surface area contributed by atoms with E-state index in [1.54, 1.807) is 31.4 Å². The third-order valence-electron chi connectivity index (χ3n) is 3.22. The van der Waals surface area contributed by atoms with Gasteiger partial charge in [0.2, 0.25) is 5.78 Å². The zero-order valence-corrected chi connectivity index (χ0v) is 11.3. The third kappa shape index (κ3) is 2.18. The molecule has 0 unspecified atom stereocenters. The van der Waals surface area contributed by atoms with Crippen LogP contribution < -0.4 is 9.47 Å². The zero-order valence-electron chi connectivity index (χ0n) is 11.3. The summed E-state index contributed by atoms with van der Waals surface area (Å²) in [6.45, 7) is 2.01. The van der Waals surface area contributed by atoms with Crippen molar-refractivity contribution in [3.05, 3.63) is 64.9 Å². The average Bonchev–Trinajstić information content (AvgIpc) is 2.75. The van der Waals surface area contributed by atoms with Crippen molar-refractivity contribution < 1.29 is 14.3 Å². The summed E-state index contributed by atoms with van der Waals surface area (Å²) in [5.74, 6) is 1.48. The van der Waals surface area contributed by atoms with E-state index in [0.717, 1.165) is 11.1 Å². The molecule has 2 aromatic rings. The normalized spacial score (nSPS) is 15.1. The van der Waals surface area contributed by atoms with Gasteiger partial charge in [0, 0.05) is 6.07 Å². The first-order valence-electron chi connectivity index (χ1n) is 6.36. The Balaban J connectivity index is 1.97. The molecule has 0 radical (unpaired) electrons. The lowest BCUT2D eigenvalue weighted by Crippen LogP contribution is -1.98. The summed E-state index contributed by atoms with van der Waals surface area (Å²) in [6.07, 6.45) is 1.77. The van der Waals surface area contributed by atoms with Gasteiger partial charge in [0.25, 0.3) is 0 Å². The van der Waals surface area contributed by atoms with Crippen molar-refractivity contribution in [3.63, 3.8) is 0 Å². The highest BCUT2D eigenvalue weighted by molar-refractivity contribution is 6.14. The van der Waals surface area contributed by atoms with Gasteiger partial charge in [-0.05, 0) is 30.7 Å². The minimum atomic E-state index is -0.0934. The van der Waals surface area contributed by atoms with E-state index in [4.69, 9.17) is 9.47 Å². The van der Waals surface area contributed by atoms with Crippen molar-refractivity contribution in [2.45, 2.75) is 6.92 Å². The van der Waals surface area contributed by atoms with Crippen LogP contribution in [0.2, 0.25) is 0 Å². The average molecular weight is 266 g/mol. The number of fused-ring (bicyclic) bond motifs is 1. The Morgan fingerprint density at radius 3 is 2.75 bits per heavy atom. The van der Waals surface area contributed by atoms with Crippen molar-refractivity contribution in [2.75, 3.05) is 7.11 Å². The van der Waals surface area contributed by atoms with Crippen molar-refractivity contribution >= 4 is 11.9 Å². The van der Waals surface area contributed by atoms with Crippen LogP contribution in [0.25, 0.3) is 6.08 Å².